The first kappa shape index (κ1) is 9.58. The van der Waals surface area contributed by atoms with Gasteiger partial charge in [0.05, 0.1) is 5.71 Å². The van der Waals surface area contributed by atoms with Gasteiger partial charge in [0.2, 0.25) is 0 Å². The summed E-state index contributed by atoms with van der Waals surface area (Å²) in [6, 6.07) is 7.85. The number of hydrogen-bond donors (Lipinski definition) is 1. The van der Waals surface area contributed by atoms with Crippen LogP contribution in [0.5, 0.6) is 0 Å². The standard InChI is InChI=1S/C10H14N2O/c1-8(11-13)9-4-6-10(7-5-9)12(2)3/h4-7,13H,1-3H3/b11-8-. The molecule has 1 aromatic rings. The Bertz CT molecular complexity index is 301. The van der Waals surface area contributed by atoms with Crippen LogP contribution in [0.4, 0.5) is 5.69 Å². The molecule has 3 heteroatoms. The van der Waals surface area contributed by atoms with E-state index in [1.165, 1.54) is 0 Å². The zero-order chi connectivity index (χ0) is 9.84. The molecule has 0 atom stereocenters. The lowest BCUT2D eigenvalue weighted by molar-refractivity contribution is 0.319. The van der Waals surface area contributed by atoms with Gasteiger partial charge < -0.3 is 10.1 Å². The van der Waals surface area contributed by atoms with Crippen molar-refractivity contribution in [3.05, 3.63) is 29.8 Å². The molecule has 1 rings (SSSR count). The van der Waals surface area contributed by atoms with Gasteiger partial charge in [0.15, 0.2) is 0 Å². The number of anilines is 1. The maximum Gasteiger partial charge on any atom is 0.0836 e. The zero-order valence-corrected chi connectivity index (χ0v) is 8.15. The van der Waals surface area contributed by atoms with E-state index in [1.807, 2.05) is 43.3 Å². The molecule has 0 aromatic heterocycles. The van der Waals surface area contributed by atoms with Crippen LogP contribution in [0.1, 0.15) is 12.5 Å². The molecule has 0 aliphatic carbocycles. The summed E-state index contributed by atoms with van der Waals surface area (Å²) < 4.78 is 0. The number of nitrogens with zero attached hydrogens (tertiary/aromatic N) is 2. The Morgan fingerprint density at radius 1 is 1.23 bits per heavy atom. The number of hydrogen-bond acceptors (Lipinski definition) is 3. The smallest absolute Gasteiger partial charge is 0.0836 e. The fourth-order valence-electron chi connectivity index (χ4n) is 1.06. The normalized spacial score (nSPS) is 11.5. The molecule has 0 saturated carbocycles. The molecule has 0 aliphatic heterocycles. The van der Waals surface area contributed by atoms with Crippen molar-refractivity contribution in [1.29, 1.82) is 0 Å². The average molecular weight is 178 g/mol. The van der Waals surface area contributed by atoms with E-state index in [-0.39, 0.29) is 0 Å². The summed E-state index contributed by atoms with van der Waals surface area (Å²) in [7, 11) is 3.98. The molecule has 3 nitrogen and oxygen atoms in total. The van der Waals surface area contributed by atoms with Crippen LogP contribution in [0.3, 0.4) is 0 Å². The second-order valence-corrected chi connectivity index (χ2v) is 3.13. The minimum absolute atomic E-state index is 0.630. The summed E-state index contributed by atoms with van der Waals surface area (Å²) in [6.07, 6.45) is 0. The largest absolute Gasteiger partial charge is 0.411 e. The molecule has 1 N–H and O–H groups in total. The van der Waals surface area contributed by atoms with Gasteiger partial charge in [-0.05, 0) is 24.6 Å². The molecule has 0 fully saturated rings. The number of benzene rings is 1. The van der Waals surface area contributed by atoms with Gasteiger partial charge in [0.25, 0.3) is 0 Å². The van der Waals surface area contributed by atoms with Crippen molar-refractivity contribution in [3.63, 3.8) is 0 Å². The van der Waals surface area contributed by atoms with Crippen LogP contribution in [0, 0.1) is 0 Å². The van der Waals surface area contributed by atoms with Gasteiger partial charge in [-0.25, -0.2) is 0 Å². The van der Waals surface area contributed by atoms with Crippen LogP contribution >= 0.6 is 0 Å². The fraction of sp³-hybridized carbons (Fsp3) is 0.300. The Labute approximate surface area is 78.3 Å². The summed E-state index contributed by atoms with van der Waals surface area (Å²) in [4.78, 5) is 2.02. The number of rotatable bonds is 2. The van der Waals surface area contributed by atoms with Crippen LogP contribution in [-0.2, 0) is 0 Å². The van der Waals surface area contributed by atoms with Gasteiger partial charge in [-0.3, -0.25) is 0 Å². The highest BCUT2D eigenvalue weighted by atomic mass is 16.4. The molecule has 0 spiro atoms. The predicted molar refractivity (Wildman–Crippen MR) is 54.8 cm³/mol. The number of oxime groups is 1. The third-order valence-electron chi connectivity index (χ3n) is 1.95. The van der Waals surface area contributed by atoms with Crippen molar-refractivity contribution in [3.8, 4) is 0 Å². The van der Waals surface area contributed by atoms with Crippen LogP contribution in [0.2, 0.25) is 0 Å². The summed E-state index contributed by atoms with van der Waals surface area (Å²) in [6.45, 7) is 1.77. The lowest BCUT2D eigenvalue weighted by Crippen LogP contribution is -2.08. The van der Waals surface area contributed by atoms with E-state index in [1.54, 1.807) is 6.92 Å². The fourth-order valence-corrected chi connectivity index (χ4v) is 1.06. The molecule has 0 saturated heterocycles. The Morgan fingerprint density at radius 2 is 1.77 bits per heavy atom. The van der Waals surface area contributed by atoms with Gasteiger partial charge in [-0.1, -0.05) is 17.3 Å². The molecule has 0 radical (unpaired) electrons. The van der Waals surface area contributed by atoms with Crippen molar-refractivity contribution in [2.24, 2.45) is 5.16 Å². The molecule has 0 heterocycles. The van der Waals surface area contributed by atoms with Crippen LogP contribution < -0.4 is 4.90 Å². The van der Waals surface area contributed by atoms with Crippen LogP contribution in [0.25, 0.3) is 0 Å². The zero-order valence-electron chi connectivity index (χ0n) is 8.15. The molecule has 1 aromatic carbocycles. The third kappa shape index (κ3) is 2.21. The summed E-state index contributed by atoms with van der Waals surface area (Å²) in [5, 5.41) is 11.7. The van der Waals surface area contributed by atoms with E-state index >= 15 is 0 Å². The van der Waals surface area contributed by atoms with Gasteiger partial charge in [0, 0.05) is 19.8 Å². The highest BCUT2D eigenvalue weighted by Crippen LogP contribution is 2.12. The lowest BCUT2D eigenvalue weighted by atomic mass is 10.1. The quantitative estimate of drug-likeness (QED) is 0.427. The van der Waals surface area contributed by atoms with E-state index in [9.17, 15) is 0 Å². The second-order valence-electron chi connectivity index (χ2n) is 3.13. The minimum atomic E-state index is 0.630. The highest BCUT2D eigenvalue weighted by molar-refractivity contribution is 5.98. The van der Waals surface area contributed by atoms with Crippen LogP contribution in [-0.4, -0.2) is 25.0 Å². The van der Waals surface area contributed by atoms with Gasteiger partial charge >= 0.3 is 0 Å². The lowest BCUT2D eigenvalue weighted by Gasteiger charge is -2.12. The first-order valence-corrected chi connectivity index (χ1v) is 4.11. The van der Waals surface area contributed by atoms with Crippen LogP contribution in [0.15, 0.2) is 29.4 Å². The Kier molecular flexibility index (Phi) is 2.90. The second kappa shape index (κ2) is 3.94. The maximum atomic E-state index is 8.54. The molecule has 0 unspecified atom stereocenters. The van der Waals surface area contributed by atoms with Gasteiger partial charge in [-0.15, -0.1) is 0 Å². The van der Waals surface area contributed by atoms with E-state index in [4.69, 9.17) is 5.21 Å². The van der Waals surface area contributed by atoms with Crippen molar-refractivity contribution in [2.75, 3.05) is 19.0 Å². The summed E-state index contributed by atoms with van der Waals surface area (Å²) in [5.41, 5.74) is 2.70. The van der Waals surface area contributed by atoms with E-state index in [0.29, 0.717) is 5.71 Å². The Balaban J connectivity index is 2.94. The van der Waals surface area contributed by atoms with Crippen molar-refractivity contribution in [2.45, 2.75) is 6.92 Å². The van der Waals surface area contributed by atoms with Crippen molar-refractivity contribution < 1.29 is 5.21 Å². The Morgan fingerprint density at radius 3 is 2.15 bits per heavy atom. The maximum absolute atomic E-state index is 8.54. The third-order valence-corrected chi connectivity index (χ3v) is 1.95. The minimum Gasteiger partial charge on any atom is -0.411 e. The topological polar surface area (TPSA) is 35.8 Å². The predicted octanol–water partition coefficient (Wildman–Crippen LogP) is 1.95. The first-order valence-electron chi connectivity index (χ1n) is 4.11. The molecule has 70 valence electrons. The van der Waals surface area contributed by atoms with E-state index in [2.05, 4.69) is 5.16 Å². The molecule has 0 amide bonds. The average Bonchev–Trinajstić information content (AvgIpc) is 2.17. The highest BCUT2D eigenvalue weighted by Gasteiger charge is 1.98. The van der Waals surface area contributed by atoms with E-state index < -0.39 is 0 Å². The van der Waals surface area contributed by atoms with Gasteiger partial charge in [-0.2, -0.15) is 0 Å². The SMILES string of the molecule is C/C(=N/O)c1ccc(N(C)C)cc1. The van der Waals surface area contributed by atoms with Crippen molar-refractivity contribution in [1.82, 2.24) is 0 Å². The first-order chi connectivity index (χ1) is 6.15. The van der Waals surface area contributed by atoms with Crippen molar-refractivity contribution >= 4 is 11.4 Å². The molecule has 13 heavy (non-hydrogen) atoms. The monoisotopic (exact) mass is 178 g/mol. The van der Waals surface area contributed by atoms with Gasteiger partial charge in [0.1, 0.15) is 0 Å². The molecular weight excluding hydrogens is 164 g/mol. The molecule has 0 aliphatic rings. The molecular formula is C10H14N2O. The summed E-state index contributed by atoms with van der Waals surface area (Å²) >= 11 is 0. The summed E-state index contributed by atoms with van der Waals surface area (Å²) in [5.74, 6) is 0. The van der Waals surface area contributed by atoms with E-state index in [0.717, 1.165) is 11.3 Å². The Hall–Kier alpha value is -1.51. The molecule has 0 bridgehead atoms.